The summed E-state index contributed by atoms with van der Waals surface area (Å²) in [5.74, 6) is 1.13. The first-order valence-corrected chi connectivity index (χ1v) is 9.16. The highest BCUT2D eigenvalue weighted by atomic mass is 16.5. The van der Waals surface area contributed by atoms with Crippen molar-refractivity contribution in [3.05, 3.63) is 59.7 Å². The van der Waals surface area contributed by atoms with Gasteiger partial charge in [-0.2, -0.15) is 0 Å². The van der Waals surface area contributed by atoms with Crippen molar-refractivity contribution in [2.45, 2.75) is 18.4 Å². The average Bonchev–Trinajstić information content (AvgIpc) is 3.26. The number of carbonyl (C=O) groups is 1. The number of rotatable bonds is 4. The highest BCUT2D eigenvalue weighted by Crippen LogP contribution is 2.30. The Bertz CT molecular complexity index is 807. The van der Waals surface area contributed by atoms with E-state index < -0.39 is 0 Å². The topological polar surface area (TPSA) is 58.8 Å². The third-order valence-corrected chi connectivity index (χ3v) is 5.55. The van der Waals surface area contributed by atoms with Gasteiger partial charge < -0.3 is 20.3 Å². The molecule has 0 spiro atoms. The zero-order valence-electron chi connectivity index (χ0n) is 15.1. The van der Waals surface area contributed by atoms with Gasteiger partial charge in [0.05, 0.1) is 13.7 Å². The molecule has 2 atom stereocenters. The van der Waals surface area contributed by atoms with Crippen molar-refractivity contribution in [2.75, 3.05) is 38.2 Å². The summed E-state index contributed by atoms with van der Waals surface area (Å²) in [6.07, 6.45) is 1.01. The fraction of sp³-hybridized carbons (Fsp3) is 0.381. The third kappa shape index (κ3) is 3.15. The molecule has 0 aromatic heterocycles. The number of para-hydroxylation sites is 1. The zero-order valence-corrected chi connectivity index (χ0v) is 15.1. The summed E-state index contributed by atoms with van der Waals surface area (Å²) in [4.78, 5) is 17.0. The number of nitrogens with two attached hydrogens (primary N) is 1. The van der Waals surface area contributed by atoms with Gasteiger partial charge in [-0.25, -0.2) is 0 Å². The number of benzene rings is 2. The third-order valence-electron chi connectivity index (χ3n) is 5.55. The molecule has 0 radical (unpaired) electrons. The van der Waals surface area contributed by atoms with Gasteiger partial charge in [-0.3, -0.25) is 4.79 Å². The molecule has 1 amide bonds. The van der Waals surface area contributed by atoms with Crippen molar-refractivity contribution in [3.63, 3.8) is 0 Å². The molecule has 5 heteroatoms. The molecule has 2 heterocycles. The molecule has 1 fully saturated rings. The predicted molar refractivity (Wildman–Crippen MR) is 103 cm³/mol. The smallest absolute Gasteiger partial charge is 0.242 e. The number of amides is 1. The Hall–Kier alpha value is -2.53. The van der Waals surface area contributed by atoms with Gasteiger partial charge in [0.2, 0.25) is 5.91 Å². The van der Waals surface area contributed by atoms with Gasteiger partial charge in [0, 0.05) is 37.3 Å². The largest absolute Gasteiger partial charge is 0.497 e. The average molecular weight is 351 g/mol. The monoisotopic (exact) mass is 351 g/mol. The maximum Gasteiger partial charge on any atom is 0.242 e. The molecule has 2 aliphatic heterocycles. The Morgan fingerprint density at radius 2 is 2.04 bits per heavy atom. The van der Waals surface area contributed by atoms with Crippen LogP contribution in [0.15, 0.2) is 48.5 Å². The van der Waals surface area contributed by atoms with E-state index in [-0.39, 0.29) is 17.9 Å². The fourth-order valence-corrected chi connectivity index (χ4v) is 4.09. The van der Waals surface area contributed by atoms with Crippen molar-refractivity contribution < 1.29 is 9.53 Å². The number of fused-ring (bicyclic) bond motifs is 1. The second kappa shape index (κ2) is 7.00. The van der Waals surface area contributed by atoms with Gasteiger partial charge in [0.25, 0.3) is 0 Å². The van der Waals surface area contributed by atoms with Crippen molar-refractivity contribution >= 4 is 11.6 Å². The summed E-state index contributed by atoms with van der Waals surface area (Å²) in [7, 11) is 1.66. The minimum Gasteiger partial charge on any atom is -0.497 e. The molecule has 136 valence electrons. The highest BCUT2D eigenvalue weighted by Gasteiger charge is 2.35. The molecule has 1 saturated heterocycles. The first-order valence-electron chi connectivity index (χ1n) is 9.16. The summed E-state index contributed by atoms with van der Waals surface area (Å²) < 4.78 is 5.32. The lowest BCUT2D eigenvalue weighted by Crippen LogP contribution is -2.39. The molecule has 2 aliphatic rings. The SMILES string of the molecule is COc1cccc([C@@H]2CN(C(=O)CN3CCc4ccccc43)C[C@H]2N)c1. The zero-order chi connectivity index (χ0) is 18.1. The van der Waals surface area contributed by atoms with Crippen molar-refractivity contribution in [1.29, 1.82) is 0 Å². The normalized spacial score (nSPS) is 21.8. The Labute approximate surface area is 154 Å². The number of anilines is 1. The van der Waals surface area contributed by atoms with Crippen LogP contribution in [0.3, 0.4) is 0 Å². The van der Waals surface area contributed by atoms with Crippen LogP contribution in [0, 0.1) is 0 Å². The molecule has 4 rings (SSSR count). The lowest BCUT2D eigenvalue weighted by molar-refractivity contribution is -0.128. The number of ether oxygens (including phenoxy) is 1. The van der Waals surface area contributed by atoms with Gasteiger partial charge in [0.1, 0.15) is 5.75 Å². The lowest BCUT2D eigenvalue weighted by atomic mass is 9.95. The Kier molecular flexibility index (Phi) is 4.55. The van der Waals surface area contributed by atoms with Crippen LogP contribution in [-0.2, 0) is 11.2 Å². The van der Waals surface area contributed by atoms with Gasteiger partial charge >= 0.3 is 0 Å². The molecule has 2 N–H and O–H groups in total. The standard InChI is InChI=1S/C21H25N3O2/c1-26-17-7-4-6-16(11-17)18-12-24(13-19(18)22)21(25)14-23-10-9-15-5-2-3-8-20(15)23/h2-8,11,18-19H,9-10,12-14,22H2,1H3/t18-,19+/m0/s1. The summed E-state index contributed by atoms with van der Waals surface area (Å²) in [6, 6.07) is 16.3. The van der Waals surface area contributed by atoms with E-state index in [0.29, 0.717) is 19.6 Å². The van der Waals surface area contributed by atoms with Crippen molar-refractivity contribution in [2.24, 2.45) is 5.73 Å². The molecule has 2 aromatic carbocycles. The molecule has 0 unspecified atom stereocenters. The van der Waals surface area contributed by atoms with Crippen LogP contribution in [-0.4, -0.2) is 50.1 Å². The summed E-state index contributed by atoms with van der Waals surface area (Å²) in [5.41, 5.74) is 10.0. The fourth-order valence-electron chi connectivity index (χ4n) is 4.09. The molecule has 2 aromatic rings. The quantitative estimate of drug-likeness (QED) is 0.915. The Balaban J connectivity index is 1.43. The predicted octanol–water partition coefficient (Wildman–Crippen LogP) is 2.01. The van der Waals surface area contributed by atoms with Crippen molar-refractivity contribution in [3.8, 4) is 5.75 Å². The Morgan fingerprint density at radius 1 is 1.19 bits per heavy atom. The van der Waals surface area contributed by atoms with E-state index in [1.54, 1.807) is 7.11 Å². The van der Waals surface area contributed by atoms with E-state index >= 15 is 0 Å². The van der Waals surface area contributed by atoms with E-state index in [9.17, 15) is 4.79 Å². The number of carbonyl (C=O) groups excluding carboxylic acids is 1. The lowest BCUT2D eigenvalue weighted by Gasteiger charge is -2.23. The summed E-state index contributed by atoms with van der Waals surface area (Å²) in [6.45, 7) is 2.61. The first-order chi connectivity index (χ1) is 12.7. The number of likely N-dealkylation sites (tertiary alicyclic amines) is 1. The van der Waals surface area contributed by atoms with Gasteiger partial charge in [0.15, 0.2) is 0 Å². The van der Waals surface area contributed by atoms with E-state index in [4.69, 9.17) is 10.5 Å². The minimum absolute atomic E-state index is 0.0445. The van der Waals surface area contributed by atoms with Gasteiger partial charge in [-0.15, -0.1) is 0 Å². The van der Waals surface area contributed by atoms with E-state index in [2.05, 4.69) is 29.2 Å². The van der Waals surface area contributed by atoms with Crippen molar-refractivity contribution in [1.82, 2.24) is 4.90 Å². The number of hydrogen-bond donors (Lipinski definition) is 1. The molecule has 26 heavy (non-hydrogen) atoms. The van der Waals surface area contributed by atoms with Crippen LogP contribution in [0.5, 0.6) is 5.75 Å². The highest BCUT2D eigenvalue weighted by molar-refractivity contribution is 5.83. The van der Waals surface area contributed by atoms with Crippen LogP contribution in [0.25, 0.3) is 0 Å². The number of nitrogens with zero attached hydrogens (tertiary/aromatic N) is 2. The van der Waals surface area contributed by atoms with Gasteiger partial charge in [-0.1, -0.05) is 30.3 Å². The van der Waals surface area contributed by atoms with E-state index in [1.807, 2.05) is 29.2 Å². The second-order valence-electron chi connectivity index (χ2n) is 7.15. The van der Waals surface area contributed by atoms with E-state index in [0.717, 1.165) is 24.3 Å². The molecular formula is C21H25N3O2. The molecule has 0 aliphatic carbocycles. The first kappa shape index (κ1) is 16.9. The van der Waals surface area contributed by atoms with Gasteiger partial charge in [-0.05, 0) is 35.7 Å². The second-order valence-corrected chi connectivity index (χ2v) is 7.15. The number of hydrogen-bond acceptors (Lipinski definition) is 4. The van der Waals surface area contributed by atoms with Crippen LogP contribution < -0.4 is 15.4 Å². The van der Waals surface area contributed by atoms with E-state index in [1.165, 1.54) is 11.3 Å². The Morgan fingerprint density at radius 3 is 2.88 bits per heavy atom. The summed E-state index contributed by atoms with van der Waals surface area (Å²) >= 11 is 0. The van der Waals surface area contributed by atoms with Crippen LogP contribution in [0.2, 0.25) is 0 Å². The minimum atomic E-state index is -0.0445. The molecule has 0 bridgehead atoms. The number of methoxy groups -OCH3 is 1. The summed E-state index contributed by atoms with van der Waals surface area (Å²) in [5, 5.41) is 0. The maximum absolute atomic E-state index is 12.9. The van der Waals surface area contributed by atoms with Crippen LogP contribution in [0.1, 0.15) is 17.0 Å². The molecule has 0 saturated carbocycles. The molecular weight excluding hydrogens is 326 g/mol. The molecule has 5 nitrogen and oxygen atoms in total. The van der Waals surface area contributed by atoms with Crippen LogP contribution in [0.4, 0.5) is 5.69 Å². The maximum atomic E-state index is 12.9. The van der Waals surface area contributed by atoms with Crippen LogP contribution >= 0.6 is 0 Å².